The van der Waals surface area contributed by atoms with Gasteiger partial charge in [-0.15, -0.1) is 0 Å². The molecule has 0 saturated carbocycles. The molecule has 0 bridgehead atoms. The molecule has 3 aromatic rings. The van der Waals surface area contributed by atoms with Crippen molar-refractivity contribution in [1.82, 2.24) is 9.38 Å². The summed E-state index contributed by atoms with van der Waals surface area (Å²) >= 11 is 7.16. The number of nitrogens with zero attached hydrogens (tertiary/aromatic N) is 3. The highest BCUT2D eigenvalue weighted by molar-refractivity contribution is 7.15. The number of nitro groups is 1. The average molecular weight is 280 g/mol. The van der Waals surface area contributed by atoms with E-state index in [1.807, 2.05) is 0 Å². The molecule has 0 spiro atoms. The summed E-state index contributed by atoms with van der Waals surface area (Å²) in [5.74, 6) is -0.0198. The second kappa shape index (κ2) is 4.08. The molecular formula is C11H6ClN3O2S. The van der Waals surface area contributed by atoms with E-state index in [-0.39, 0.29) is 5.82 Å². The zero-order valence-corrected chi connectivity index (χ0v) is 10.5. The molecule has 0 aliphatic heterocycles. The molecule has 0 unspecified atom stereocenters. The van der Waals surface area contributed by atoms with Crippen LogP contribution in [0.1, 0.15) is 0 Å². The SMILES string of the molecule is O=[N+]([O-])c1c(-c2ccc(Cl)cc2)nc2sccn12. The standard InChI is InChI=1S/C11H6ClN3O2S/c12-8-3-1-7(2-4-8)9-10(15(16)17)14-5-6-18-11(14)13-9/h1-6H. The predicted molar refractivity (Wildman–Crippen MR) is 70.2 cm³/mol. The summed E-state index contributed by atoms with van der Waals surface area (Å²) in [7, 11) is 0. The van der Waals surface area contributed by atoms with Crippen molar-refractivity contribution in [3.05, 3.63) is 51.0 Å². The van der Waals surface area contributed by atoms with Crippen LogP contribution in [0.2, 0.25) is 5.02 Å². The lowest BCUT2D eigenvalue weighted by molar-refractivity contribution is -0.389. The van der Waals surface area contributed by atoms with E-state index in [9.17, 15) is 10.1 Å². The second-order valence-corrected chi connectivity index (χ2v) is 4.91. The summed E-state index contributed by atoms with van der Waals surface area (Å²) in [6.45, 7) is 0. The van der Waals surface area contributed by atoms with Gasteiger partial charge in [-0.05, 0) is 17.1 Å². The van der Waals surface area contributed by atoms with Crippen molar-refractivity contribution < 1.29 is 4.92 Å². The van der Waals surface area contributed by atoms with E-state index < -0.39 is 4.92 Å². The Morgan fingerprint density at radius 1 is 1.33 bits per heavy atom. The van der Waals surface area contributed by atoms with Crippen molar-refractivity contribution in [2.45, 2.75) is 0 Å². The zero-order valence-electron chi connectivity index (χ0n) is 8.91. The first-order chi connectivity index (χ1) is 8.66. The van der Waals surface area contributed by atoms with Gasteiger partial charge in [0.1, 0.15) is 6.20 Å². The first-order valence-electron chi connectivity index (χ1n) is 5.02. The smallest absolute Gasteiger partial charge is 0.356 e. The van der Waals surface area contributed by atoms with Gasteiger partial charge < -0.3 is 10.1 Å². The molecule has 3 rings (SSSR count). The van der Waals surface area contributed by atoms with Gasteiger partial charge >= 0.3 is 5.82 Å². The third-order valence-electron chi connectivity index (χ3n) is 2.53. The molecule has 0 N–H and O–H groups in total. The van der Waals surface area contributed by atoms with E-state index in [0.29, 0.717) is 21.2 Å². The molecule has 90 valence electrons. The molecule has 0 atom stereocenters. The Hall–Kier alpha value is -1.92. The van der Waals surface area contributed by atoms with Gasteiger partial charge in [0.15, 0.2) is 5.69 Å². The van der Waals surface area contributed by atoms with Crippen molar-refractivity contribution in [1.29, 1.82) is 0 Å². The molecule has 0 radical (unpaired) electrons. The summed E-state index contributed by atoms with van der Waals surface area (Å²) in [5, 5.41) is 13.5. The molecule has 0 aliphatic rings. The fraction of sp³-hybridized carbons (Fsp3) is 0. The van der Waals surface area contributed by atoms with Gasteiger partial charge in [-0.1, -0.05) is 35.1 Å². The highest BCUT2D eigenvalue weighted by Gasteiger charge is 2.24. The first-order valence-corrected chi connectivity index (χ1v) is 6.28. The number of fused-ring (bicyclic) bond motifs is 1. The lowest BCUT2D eigenvalue weighted by Crippen LogP contribution is -1.94. The summed E-state index contributed by atoms with van der Waals surface area (Å²) in [4.78, 5) is 15.6. The fourth-order valence-electron chi connectivity index (χ4n) is 1.75. The van der Waals surface area contributed by atoms with E-state index in [0.717, 1.165) is 0 Å². The summed E-state index contributed by atoms with van der Waals surface area (Å²) < 4.78 is 1.48. The number of thiazole rings is 1. The van der Waals surface area contributed by atoms with Gasteiger partial charge in [-0.25, -0.2) is 0 Å². The van der Waals surface area contributed by atoms with Gasteiger partial charge in [-0.3, -0.25) is 0 Å². The van der Waals surface area contributed by atoms with Crippen molar-refractivity contribution in [2.24, 2.45) is 0 Å². The van der Waals surface area contributed by atoms with Crippen molar-refractivity contribution in [3.8, 4) is 11.3 Å². The number of hydrogen-bond donors (Lipinski definition) is 0. The van der Waals surface area contributed by atoms with E-state index in [4.69, 9.17) is 11.6 Å². The van der Waals surface area contributed by atoms with Crippen LogP contribution >= 0.6 is 22.9 Å². The Balaban J connectivity index is 2.27. The average Bonchev–Trinajstić information content (AvgIpc) is 2.88. The minimum absolute atomic E-state index is 0.0198. The Bertz CT molecular complexity index is 732. The molecule has 0 amide bonds. The van der Waals surface area contributed by atoms with E-state index in [2.05, 4.69) is 4.98 Å². The van der Waals surface area contributed by atoms with Gasteiger partial charge in [0.05, 0.1) is 0 Å². The third-order valence-corrected chi connectivity index (χ3v) is 3.54. The number of benzene rings is 1. The maximum atomic E-state index is 11.2. The maximum Gasteiger partial charge on any atom is 0.356 e. The molecule has 18 heavy (non-hydrogen) atoms. The van der Waals surface area contributed by atoms with Crippen LogP contribution in [0.3, 0.4) is 0 Å². The van der Waals surface area contributed by atoms with Crippen LogP contribution in [-0.2, 0) is 0 Å². The number of halogens is 1. The van der Waals surface area contributed by atoms with Crippen LogP contribution in [0.25, 0.3) is 16.2 Å². The minimum Gasteiger partial charge on any atom is -0.358 e. The zero-order chi connectivity index (χ0) is 12.7. The Labute approximate surface area is 110 Å². The molecule has 0 aliphatic carbocycles. The number of hydrogen-bond acceptors (Lipinski definition) is 4. The van der Waals surface area contributed by atoms with Gasteiger partial charge in [0.2, 0.25) is 0 Å². The molecule has 0 fully saturated rings. The molecule has 5 nitrogen and oxygen atoms in total. The summed E-state index contributed by atoms with van der Waals surface area (Å²) in [6.07, 6.45) is 1.64. The van der Waals surface area contributed by atoms with Crippen LogP contribution in [-0.4, -0.2) is 14.3 Å². The first kappa shape index (κ1) is 11.2. The quantitative estimate of drug-likeness (QED) is 0.532. The van der Waals surface area contributed by atoms with E-state index in [1.165, 1.54) is 15.7 Å². The number of rotatable bonds is 2. The molecule has 1 aromatic carbocycles. The highest BCUT2D eigenvalue weighted by Crippen LogP contribution is 2.32. The maximum absolute atomic E-state index is 11.2. The molecule has 2 aromatic heterocycles. The summed E-state index contributed by atoms with van der Waals surface area (Å²) in [5.41, 5.74) is 1.05. The fourth-order valence-corrected chi connectivity index (χ4v) is 2.58. The lowest BCUT2D eigenvalue weighted by atomic mass is 10.1. The molecule has 2 heterocycles. The molecule has 0 saturated heterocycles. The van der Waals surface area contributed by atoms with Crippen molar-refractivity contribution in [3.63, 3.8) is 0 Å². The van der Waals surface area contributed by atoms with Gasteiger partial charge in [0.25, 0.3) is 4.96 Å². The van der Waals surface area contributed by atoms with E-state index in [1.54, 1.807) is 35.8 Å². The van der Waals surface area contributed by atoms with Crippen LogP contribution in [0.5, 0.6) is 0 Å². The summed E-state index contributed by atoms with van der Waals surface area (Å²) in [6, 6.07) is 6.83. The van der Waals surface area contributed by atoms with Gasteiger partial charge in [0, 0.05) is 16.0 Å². The van der Waals surface area contributed by atoms with Gasteiger partial charge in [-0.2, -0.15) is 9.38 Å². The Kier molecular flexibility index (Phi) is 2.53. The van der Waals surface area contributed by atoms with Crippen LogP contribution in [0, 0.1) is 10.1 Å². The normalized spacial score (nSPS) is 10.9. The highest BCUT2D eigenvalue weighted by atomic mass is 35.5. The van der Waals surface area contributed by atoms with Crippen LogP contribution in [0.4, 0.5) is 5.82 Å². The topological polar surface area (TPSA) is 60.4 Å². The van der Waals surface area contributed by atoms with Crippen LogP contribution in [0.15, 0.2) is 35.8 Å². The van der Waals surface area contributed by atoms with Crippen LogP contribution < -0.4 is 0 Å². The number of aromatic nitrogens is 2. The minimum atomic E-state index is -0.420. The van der Waals surface area contributed by atoms with E-state index >= 15 is 0 Å². The number of imidazole rings is 1. The van der Waals surface area contributed by atoms with Crippen molar-refractivity contribution >= 4 is 33.7 Å². The monoisotopic (exact) mass is 279 g/mol. The second-order valence-electron chi connectivity index (χ2n) is 3.60. The molecular weight excluding hydrogens is 274 g/mol. The molecule has 7 heteroatoms. The Morgan fingerprint density at radius 2 is 2.06 bits per heavy atom. The predicted octanol–water partition coefficient (Wildman–Crippen LogP) is 3.62. The van der Waals surface area contributed by atoms with Crippen molar-refractivity contribution in [2.75, 3.05) is 0 Å². The Morgan fingerprint density at radius 3 is 2.72 bits per heavy atom. The largest absolute Gasteiger partial charge is 0.358 e. The third kappa shape index (κ3) is 1.66. The lowest BCUT2D eigenvalue weighted by Gasteiger charge is -1.98.